The van der Waals surface area contributed by atoms with Crippen LogP contribution >= 0.6 is 0 Å². The van der Waals surface area contributed by atoms with Crippen molar-refractivity contribution in [2.24, 2.45) is 0 Å². The molecule has 4 heteroatoms. The summed E-state index contributed by atoms with van der Waals surface area (Å²) in [6.07, 6.45) is 5.54. The Kier molecular flexibility index (Phi) is 4.86. The second kappa shape index (κ2) is 7.80. The number of carbonyl (C=O) groups is 1. The quantitative estimate of drug-likeness (QED) is 0.677. The summed E-state index contributed by atoms with van der Waals surface area (Å²) in [4.78, 5) is 21.4. The molecule has 0 radical (unpaired) electrons. The van der Waals surface area contributed by atoms with E-state index >= 15 is 0 Å². The molecule has 146 valence electrons. The van der Waals surface area contributed by atoms with Gasteiger partial charge in [0, 0.05) is 38.6 Å². The Labute approximate surface area is 171 Å². The Hall–Kier alpha value is -2.98. The first-order valence-electron chi connectivity index (χ1n) is 10.4. The first-order chi connectivity index (χ1) is 14.3. The second-order valence-electron chi connectivity index (χ2n) is 7.87. The summed E-state index contributed by atoms with van der Waals surface area (Å²) in [6.45, 7) is 3.24. The maximum Gasteiger partial charge on any atom is 0.255 e. The van der Waals surface area contributed by atoms with Crippen LogP contribution in [-0.4, -0.2) is 46.9 Å². The van der Waals surface area contributed by atoms with E-state index in [2.05, 4.69) is 58.4 Å². The third kappa shape index (κ3) is 3.45. The number of aromatic nitrogens is 1. The molecule has 1 aliphatic heterocycles. The Bertz CT molecular complexity index is 962. The molecule has 2 aliphatic rings. The Morgan fingerprint density at radius 3 is 2.00 bits per heavy atom. The first kappa shape index (κ1) is 18.1. The van der Waals surface area contributed by atoms with Crippen molar-refractivity contribution < 1.29 is 4.79 Å². The second-order valence-corrected chi connectivity index (χ2v) is 7.87. The third-order valence-electron chi connectivity index (χ3n) is 6.24. The van der Waals surface area contributed by atoms with Gasteiger partial charge in [-0.2, -0.15) is 0 Å². The maximum atomic E-state index is 12.8. The van der Waals surface area contributed by atoms with Crippen molar-refractivity contribution in [3.05, 3.63) is 101 Å². The van der Waals surface area contributed by atoms with Gasteiger partial charge < -0.3 is 4.90 Å². The molecule has 4 nitrogen and oxygen atoms in total. The normalized spacial score (nSPS) is 17.3. The van der Waals surface area contributed by atoms with Crippen molar-refractivity contribution in [2.45, 2.75) is 18.9 Å². The molecule has 1 fully saturated rings. The van der Waals surface area contributed by atoms with Crippen molar-refractivity contribution in [2.75, 3.05) is 26.2 Å². The van der Waals surface area contributed by atoms with E-state index in [0.29, 0.717) is 5.56 Å². The molecular formula is C25H25N3O. The highest BCUT2D eigenvalue weighted by Gasteiger charge is 2.32. The number of fused-ring (bicyclic) bond motifs is 2. The minimum atomic E-state index is 0.0828. The van der Waals surface area contributed by atoms with E-state index < -0.39 is 0 Å². The van der Waals surface area contributed by atoms with Crippen LogP contribution in [0, 0.1) is 0 Å². The summed E-state index contributed by atoms with van der Waals surface area (Å²) in [5, 5.41) is 0. The third-order valence-corrected chi connectivity index (χ3v) is 6.24. The van der Waals surface area contributed by atoms with E-state index in [1.165, 1.54) is 22.3 Å². The van der Waals surface area contributed by atoms with E-state index in [1.807, 2.05) is 17.0 Å². The van der Waals surface area contributed by atoms with Gasteiger partial charge in [-0.05, 0) is 47.2 Å². The molecule has 29 heavy (non-hydrogen) atoms. The number of benzene rings is 2. The topological polar surface area (TPSA) is 36.4 Å². The van der Waals surface area contributed by atoms with E-state index in [1.54, 1.807) is 12.4 Å². The zero-order valence-electron chi connectivity index (χ0n) is 16.5. The average Bonchev–Trinajstić information content (AvgIpc) is 2.96. The summed E-state index contributed by atoms with van der Waals surface area (Å²) in [7, 11) is 0. The SMILES string of the molecule is O=C(c1cccnc1)N1CCN(C2c3ccccc3CCc3ccccc32)CC1. The van der Waals surface area contributed by atoms with Crippen LogP contribution in [0.15, 0.2) is 73.1 Å². The first-order valence-corrected chi connectivity index (χ1v) is 10.4. The fourth-order valence-electron chi connectivity index (χ4n) is 4.74. The smallest absolute Gasteiger partial charge is 0.255 e. The number of hydrogen-bond donors (Lipinski definition) is 0. The largest absolute Gasteiger partial charge is 0.336 e. The molecule has 0 unspecified atom stereocenters. The monoisotopic (exact) mass is 383 g/mol. The zero-order valence-corrected chi connectivity index (χ0v) is 16.5. The highest BCUT2D eigenvalue weighted by atomic mass is 16.2. The molecule has 2 aromatic carbocycles. The molecular weight excluding hydrogens is 358 g/mol. The van der Waals surface area contributed by atoms with Crippen molar-refractivity contribution >= 4 is 5.91 Å². The van der Waals surface area contributed by atoms with Crippen molar-refractivity contribution in [3.8, 4) is 0 Å². The van der Waals surface area contributed by atoms with Gasteiger partial charge in [-0.1, -0.05) is 48.5 Å². The summed E-state index contributed by atoms with van der Waals surface area (Å²) >= 11 is 0. The van der Waals surface area contributed by atoms with Crippen LogP contribution in [0.2, 0.25) is 0 Å². The van der Waals surface area contributed by atoms with E-state index in [0.717, 1.165) is 39.0 Å². The molecule has 1 saturated heterocycles. The summed E-state index contributed by atoms with van der Waals surface area (Å²) in [5.74, 6) is 0.0828. The molecule has 1 aliphatic carbocycles. The Balaban J connectivity index is 1.41. The van der Waals surface area contributed by atoms with Gasteiger partial charge in [0.1, 0.15) is 0 Å². The molecule has 3 aromatic rings. The minimum Gasteiger partial charge on any atom is -0.336 e. The van der Waals surface area contributed by atoms with Crippen LogP contribution in [0.5, 0.6) is 0 Å². The lowest BCUT2D eigenvalue weighted by Gasteiger charge is -2.40. The number of amides is 1. The van der Waals surface area contributed by atoms with Crippen molar-refractivity contribution in [3.63, 3.8) is 0 Å². The van der Waals surface area contributed by atoms with Gasteiger partial charge in [-0.15, -0.1) is 0 Å². The zero-order chi connectivity index (χ0) is 19.6. The molecule has 0 N–H and O–H groups in total. The van der Waals surface area contributed by atoms with Gasteiger partial charge in [0.15, 0.2) is 0 Å². The van der Waals surface area contributed by atoms with Crippen LogP contribution < -0.4 is 0 Å². The predicted molar refractivity (Wildman–Crippen MR) is 114 cm³/mol. The highest BCUT2D eigenvalue weighted by Crippen LogP contribution is 2.37. The van der Waals surface area contributed by atoms with Gasteiger partial charge in [-0.3, -0.25) is 14.7 Å². The Morgan fingerprint density at radius 1 is 0.793 bits per heavy atom. The number of piperazine rings is 1. The summed E-state index contributed by atoms with van der Waals surface area (Å²) in [5.41, 5.74) is 6.41. The Morgan fingerprint density at radius 2 is 1.41 bits per heavy atom. The maximum absolute atomic E-state index is 12.8. The van der Waals surface area contributed by atoms with E-state index in [-0.39, 0.29) is 11.9 Å². The van der Waals surface area contributed by atoms with E-state index in [9.17, 15) is 4.79 Å². The van der Waals surface area contributed by atoms with Gasteiger partial charge >= 0.3 is 0 Å². The van der Waals surface area contributed by atoms with Crippen molar-refractivity contribution in [1.29, 1.82) is 0 Å². The molecule has 0 spiro atoms. The number of nitrogens with zero attached hydrogens (tertiary/aromatic N) is 3. The number of rotatable bonds is 2. The lowest BCUT2D eigenvalue weighted by molar-refractivity contribution is 0.0596. The van der Waals surface area contributed by atoms with Crippen LogP contribution in [0.3, 0.4) is 0 Å². The summed E-state index contributed by atoms with van der Waals surface area (Å²) < 4.78 is 0. The highest BCUT2D eigenvalue weighted by molar-refractivity contribution is 5.93. The number of aryl methyl sites for hydroxylation is 2. The van der Waals surface area contributed by atoms with Crippen LogP contribution in [0.1, 0.15) is 38.7 Å². The lowest BCUT2D eigenvalue weighted by atomic mass is 9.92. The number of pyridine rings is 1. The lowest BCUT2D eigenvalue weighted by Crippen LogP contribution is -2.50. The molecule has 1 aromatic heterocycles. The molecule has 0 atom stereocenters. The average molecular weight is 383 g/mol. The van der Waals surface area contributed by atoms with Crippen LogP contribution in [-0.2, 0) is 12.8 Å². The molecule has 2 heterocycles. The van der Waals surface area contributed by atoms with Crippen molar-refractivity contribution in [1.82, 2.24) is 14.8 Å². The molecule has 5 rings (SSSR count). The fourth-order valence-corrected chi connectivity index (χ4v) is 4.74. The molecule has 1 amide bonds. The summed E-state index contributed by atoms with van der Waals surface area (Å²) in [6, 6.07) is 21.7. The number of hydrogen-bond acceptors (Lipinski definition) is 3. The van der Waals surface area contributed by atoms with Gasteiger partial charge in [-0.25, -0.2) is 0 Å². The van der Waals surface area contributed by atoms with Gasteiger partial charge in [0.25, 0.3) is 5.91 Å². The minimum absolute atomic E-state index is 0.0828. The molecule has 0 bridgehead atoms. The van der Waals surface area contributed by atoms with Crippen LogP contribution in [0.4, 0.5) is 0 Å². The van der Waals surface area contributed by atoms with Gasteiger partial charge in [0.2, 0.25) is 0 Å². The standard InChI is InChI=1S/C25H25N3O/c29-25(21-8-5-13-26-18-21)28-16-14-27(15-17-28)24-22-9-3-1-6-19(22)11-12-20-7-2-4-10-23(20)24/h1-10,13,18,24H,11-12,14-17H2. The van der Waals surface area contributed by atoms with Crippen LogP contribution in [0.25, 0.3) is 0 Å². The van der Waals surface area contributed by atoms with Gasteiger partial charge in [0.05, 0.1) is 11.6 Å². The van der Waals surface area contributed by atoms with E-state index in [4.69, 9.17) is 0 Å². The number of carbonyl (C=O) groups excluding carboxylic acids is 1. The fraction of sp³-hybridized carbons (Fsp3) is 0.280. The predicted octanol–water partition coefficient (Wildman–Crippen LogP) is 3.73. The molecule has 0 saturated carbocycles.